The van der Waals surface area contributed by atoms with Gasteiger partial charge in [-0.2, -0.15) is 0 Å². The van der Waals surface area contributed by atoms with Crippen molar-refractivity contribution in [2.24, 2.45) is 0 Å². The van der Waals surface area contributed by atoms with Crippen molar-refractivity contribution >= 4 is 11.6 Å². The summed E-state index contributed by atoms with van der Waals surface area (Å²) in [5.41, 5.74) is 2.13. The van der Waals surface area contributed by atoms with Gasteiger partial charge in [0.15, 0.2) is 0 Å². The Morgan fingerprint density at radius 2 is 1.95 bits per heavy atom. The topological polar surface area (TPSA) is 29.5 Å². The predicted octanol–water partition coefficient (Wildman–Crippen LogP) is 3.67. The summed E-state index contributed by atoms with van der Waals surface area (Å²) in [6, 6.07) is 15.5. The van der Waals surface area contributed by atoms with Crippen LogP contribution in [0.25, 0.3) is 0 Å². The van der Waals surface area contributed by atoms with Crippen molar-refractivity contribution < 1.29 is 9.84 Å². The molecule has 0 radical (unpaired) electrons. The average Bonchev–Trinajstić information content (AvgIpc) is 2.45. The van der Waals surface area contributed by atoms with E-state index in [-0.39, 0.29) is 12.5 Å². The fraction of sp³-hybridized carbons (Fsp3) is 0.250. The molecule has 0 spiro atoms. The predicted molar refractivity (Wildman–Crippen MR) is 78.0 cm³/mol. The summed E-state index contributed by atoms with van der Waals surface area (Å²) >= 11 is 6.00. The Bertz CT molecular complexity index is 540. The highest BCUT2D eigenvalue weighted by Gasteiger charge is 2.14. The minimum absolute atomic E-state index is 0.0231. The van der Waals surface area contributed by atoms with Gasteiger partial charge in [-0.25, -0.2) is 0 Å². The van der Waals surface area contributed by atoms with Crippen molar-refractivity contribution in [2.75, 3.05) is 13.7 Å². The quantitative estimate of drug-likeness (QED) is 0.903. The van der Waals surface area contributed by atoms with Crippen LogP contribution in [0.15, 0.2) is 48.5 Å². The van der Waals surface area contributed by atoms with E-state index in [0.717, 1.165) is 23.3 Å². The zero-order chi connectivity index (χ0) is 13.7. The second-order valence-electron chi connectivity index (χ2n) is 4.45. The summed E-state index contributed by atoms with van der Waals surface area (Å²) in [7, 11) is 1.66. The van der Waals surface area contributed by atoms with Crippen molar-refractivity contribution in [2.45, 2.75) is 12.3 Å². The Labute approximate surface area is 118 Å². The van der Waals surface area contributed by atoms with Gasteiger partial charge < -0.3 is 9.84 Å². The van der Waals surface area contributed by atoms with Gasteiger partial charge >= 0.3 is 0 Å². The van der Waals surface area contributed by atoms with E-state index in [1.807, 2.05) is 48.5 Å². The van der Waals surface area contributed by atoms with Crippen LogP contribution in [0.3, 0.4) is 0 Å². The first kappa shape index (κ1) is 13.9. The van der Waals surface area contributed by atoms with Gasteiger partial charge in [0, 0.05) is 10.9 Å². The molecule has 0 bridgehead atoms. The Morgan fingerprint density at radius 3 is 2.63 bits per heavy atom. The highest BCUT2D eigenvalue weighted by atomic mass is 35.5. The molecule has 2 aromatic carbocycles. The lowest BCUT2D eigenvalue weighted by Crippen LogP contribution is -2.08. The minimum atomic E-state index is 0.0231. The van der Waals surface area contributed by atoms with Crippen molar-refractivity contribution in [1.29, 1.82) is 0 Å². The number of benzene rings is 2. The largest absolute Gasteiger partial charge is 0.496 e. The van der Waals surface area contributed by atoms with E-state index in [2.05, 4.69) is 0 Å². The third kappa shape index (κ3) is 3.49. The maximum atomic E-state index is 9.61. The number of methoxy groups -OCH3 is 1. The van der Waals surface area contributed by atoms with Gasteiger partial charge in [-0.05, 0) is 35.7 Å². The van der Waals surface area contributed by atoms with Crippen molar-refractivity contribution in [3.8, 4) is 5.75 Å². The third-order valence-electron chi connectivity index (χ3n) is 3.20. The molecule has 0 saturated carbocycles. The molecule has 0 aliphatic rings. The molecule has 1 atom stereocenters. The lowest BCUT2D eigenvalue weighted by atomic mass is 9.92. The van der Waals surface area contributed by atoms with E-state index in [0.29, 0.717) is 5.02 Å². The summed E-state index contributed by atoms with van der Waals surface area (Å²) < 4.78 is 5.34. The fourth-order valence-electron chi connectivity index (χ4n) is 2.19. The van der Waals surface area contributed by atoms with E-state index in [9.17, 15) is 5.11 Å². The van der Waals surface area contributed by atoms with Gasteiger partial charge in [0.25, 0.3) is 0 Å². The van der Waals surface area contributed by atoms with Crippen LogP contribution in [0.1, 0.15) is 17.0 Å². The molecule has 1 N–H and O–H groups in total. The molecule has 0 amide bonds. The second kappa shape index (κ2) is 6.60. The number of ether oxygens (including phenoxy) is 1. The summed E-state index contributed by atoms with van der Waals surface area (Å²) in [6.45, 7) is 0.0817. The van der Waals surface area contributed by atoms with Crippen molar-refractivity contribution in [1.82, 2.24) is 0 Å². The maximum absolute atomic E-state index is 9.61. The van der Waals surface area contributed by atoms with E-state index in [1.165, 1.54) is 0 Å². The molecular weight excluding hydrogens is 260 g/mol. The molecule has 0 fully saturated rings. The molecule has 2 rings (SSSR count). The smallest absolute Gasteiger partial charge is 0.122 e. The number of aliphatic hydroxyl groups excluding tert-OH is 1. The molecule has 2 aromatic rings. The Kier molecular flexibility index (Phi) is 4.83. The summed E-state index contributed by atoms with van der Waals surface area (Å²) in [6.07, 6.45) is 0.723. The van der Waals surface area contributed by atoms with Gasteiger partial charge in [-0.1, -0.05) is 41.9 Å². The zero-order valence-electron chi connectivity index (χ0n) is 10.8. The van der Waals surface area contributed by atoms with E-state index in [1.54, 1.807) is 7.11 Å². The number of para-hydroxylation sites is 1. The number of hydrogen-bond donors (Lipinski definition) is 1. The number of hydrogen-bond acceptors (Lipinski definition) is 2. The molecule has 2 nitrogen and oxygen atoms in total. The van der Waals surface area contributed by atoms with Crippen molar-refractivity contribution in [3.63, 3.8) is 0 Å². The standard InChI is InChI=1S/C16H17ClO2/c1-19-16-8-3-2-5-13(16)9-14(11-18)12-6-4-7-15(17)10-12/h2-8,10,14,18H,9,11H2,1H3. The second-order valence-corrected chi connectivity index (χ2v) is 4.89. The molecular formula is C16H17ClO2. The lowest BCUT2D eigenvalue weighted by molar-refractivity contribution is 0.263. The van der Waals surface area contributed by atoms with Gasteiger partial charge in [-0.15, -0.1) is 0 Å². The van der Waals surface area contributed by atoms with E-state index < -0.39 is 0 Å². The molecule has 1 unspecified atom stereocenters. The van der Waals surface area contributed by atoms with Crippen LogP contribution < -0.4 is 4.74 Å². The molecule has 100 valence electrons. The molecule has 0 saturated heterocycles. The molecule has 0 aliphatic carbocycles. The highest BCUT2D eigenvalue weighted by Crippen LogP contribution is 2.27. The van der Waals surface area contributed by atoms with Crippen LogP contribution in [0, 0.1) is 0 Å². The van der Waals surface area contributed by atoms with Gasteiger partial charge in [0.05, 0.1) is 13.7 Å². The maximum Gasteiger partial charge on any atom is 0.122 e. The summed E-state index contributed by atoms with van der Waals surface area (Å²) in [5.74, 6) is 0.873. The molecule has 3 heteroatoms. The number of rotatable bonds is 5. The van der Waals surface area contributed by atoms with Crippen molar-refractivity contribution in [3.05, 3.63) is 64.7 Å². The molecule has 0 aromatic heterocycles. The Balaban J connectivity index is 2.24. The number of halogens is 1. The van der Waals surface area contributed by atoms with Gasteiger partial charge in [0.1, 0.15) is 5.75 Å². The van der Waals surface area contributed by atoms with Crippen LogP contribution in [0.4, 0.5) is 0 Å². The van der Waals surface area contributed by atoms with Crippen LogP contribution in [-0.2, 0) is 6.42 Å². The first-order valence-corrected chi connectivity index (χ1v) is 6.60. The SMILES string of the molecule is COc1ccccc1CC(CO)c1cccc(Cl)c1. The monoisotopic (exact) mass is 276 g/mol. The average molecular weight is 277 g/mol. The Hall–Kier alpha value is -1.51. The summed E-state index contributed by atoms with van der Waals surface area (Å²) in [4.78, 5) is 0. The fourth-order valence-corrected chi connectivity index (χ4v) is 2.38. The first-order valence-electron chi connectivity index (χ1n) is 6.23. The molecule has 0 heterocycles. The van der Waals surface area contributed by atoms with E-state index in [4.69, 9.17) is 16.3 Å². The Morgan fingerprint density at radius 1 is 1.16 bits per heavy atom. The zero-order valence-corrected chi connectivity index (χ0v) is 11.6. The van der Waals surface area contributed by atoms with Crippen LogP contribution in [-0.4, -0.2) is 18.8 Å². The van der Waals surface area contributed by atoms with Crippen LogP contribution >= 0.6 is 11.6 Å². The normalized spacial score (nSPS) is 12.2. The van der Waals surface area contributed by atoms with Crippen LogP contribution in [0.2, 0.25) is 5.02 Å². The third-order valence-corrected chi connectivity index (χ3v) is 3.43. The van der Waals surface area contributed by atoms with Gasteiger partial charge in [-0.3, -0.25) is 0 Å². The molecule has 0 aliphatic heterocycles. The van der Waals surface area contributed by atoms with Crippen LogP contribution in [0.5, 0.6) is 5.75 Å². The minimum Gasteiger partial charge on any atom is -0.496 e. The number of aliphatic hydroxyl groups is 1. The van der Waals surface area contributed by atoms with E-state index >= 15 is 0 Å². The van der Waals surface area contributed by atoms with Gasteiger partial charge in [0.2, 0.25) is 0 Å². The molecule has 19 heavy (non-hydrogen) atoms. The lowest BCUT2D eigenvalue weighted by Gasteiger charge is -2.17. The first-order chi connectivity index (χ1) is 9.24. The highest BCUT2D eigenvalue weighted by molar-refractivity contribution is 6.30. The summed E-state index contributed by atoms with van der Waals surface area (Å²) in [5, 5.41) is 10.3.